The Bertz CT molecular complexity index is 646. The summed E-state index contributed by atoms with van der Waals surface area (Å²) in [5.41, 5.74) is 7.43. The van der Waals surface area contributed by atoms with Crippen molar-refractivity contribution in [1.82, 2.24) is 5.16 Å². The minimum absolute atomic E-state index is 0.238. The zero-order chi connectivity index (χ0) is 13.3. The van der Waals surface area contributed by atoms with Crippen LogP contribution in [0.1, 0.15) is 0 Å². The molecule has 6 nitrogen and oxygen atoms in total. The number of nitrogens with zero attached hydrogens (tertiary/aromatic N) is 2. The van der Waals surface area contributed by atoms with Gasteiger partial charge in [0.1, 0.15) is 5.69 Å². The van der Waals surface area contributed by atoms with Gasteiger partial charge < -0.3 is 10.3 Å². The third-order valence-corrected chi connectivity index (χ3v) is 3.76. The molecule has 0 atom stereocenters. The standard InChI is InChI=1S/C11H13N3O3S/c1-14(18(2,15)16)9-5-3-8(4-6-9)10-7-11(12)17-13-10/h3-7H,12H2,1-2H3. The van der Waals surface area contributed by atoms with Crippen LogP contribution in [0.15, 0.2) is 34.9 Å². The van der Waals surface area contributed by atoms with Crippen LogP contribution in [0, 0.1) is 0 Å². The maximum absolute atomic E-state index is 11.4. The molecule has 0 aliphatic rings. The van der Waals surface area contributed by atoms with Crippen LogP contribution in [0.4, 0.5) is 11.6 Å². The molecule has 0 bridgehead atoms. The van der Waals surface area contributed by atoms with E-state index in [2.05, 4.69) is 5.16 Å². The lowest BCUT2D eigenvalue weighted by Crippen LogP contribution is -2.24. The lowest BCUT2D eigenvalue weighted by Gasteiger charge is -2.16. The second-order valence-electron chi connectivity index (χ2n) is 3.89. The number of hydrogen-bond acceptors (Lipinski definition) is 5. The maximum atomic E-state index is 11.4. The number of nitrogens with two attached hydrogens (primary N) is 1. The van der Waals surface area contributed by atoms with E-state index in [1.807, 2.05) is 0 Å². The van der Waals surface area contributed by atoms with Crippen LogP contribution in [-0.2, 0) is 10.0 Å². The molecule has 96 valence electrons. The van der Waals surface area contributed by atoms with Crippen molar-refractivity contribution in [2.45, 2.75) is 0 Å². The fourth-order valence-corrected chi connectivity index (χ4v) is 1.96. The molecule has 0 radical (unpaired) electrons. The quantitative estimate of drug-likeness (QED) is 0.905. The normalized spacial score (nSPS) is 11.4. The first-order valence-corrected chi connectivity index (χ1v) is 6.99. The molecule has 2 rings (SSSR count). The lowest BCUT2D eigenvalue weighted by atomic mass is 10.1. The van der Waals surface area contributed by atoms with Crippen molar-refractivity contribution in [3.8, 4) is 11.3 Å². The highest BCUT2D eigenvalue weighted by Gasteiger charge is 2.12. The van der Waals surface area contributed by atoms with Gasteiger partial charge in [-0.1, -0.05) is 17.3 Å². The van der Waals surface area contributed by atoms with Crippen LogP contribution in [-0.4, -0.2) is 26.9 Å². The van der Waals surface area contributed by atoms with Crippen molar-refractivity contribution in [3.05, 3.63) is 30.3 Å². The summed E-state index contributed by atoms with van der Waals surface area (Å²) in [6.45, 7) is 0. The van der Waals surface area contributed by atoms with E-state index in [1.165, 1.54) is 11.4 Å². The van der Waals surface area contributed by atoms with Gasteiger partial charge in [0.25, 0.3) is 0 Å². The van der Waals surface area contributed by atoms with Gasteiger partial charge in [0.15, 0.2) is 0 Å². The molecular weight excluding hydrogens is 254 g/mol. The van der Waals surface area contributed by atoms with E-state index in [1.54, 1.807) is 30.3 Å². The highest BCUT2D eigenvalue weighted by molar-refractivity contribution is 7.92. The molecule has 1 heterocycles. The van der Waals surface area contributed by atoms with Gasteiger partial charge in [-0.2, -0.15) is 0 Å². The molecule has 18 heavy (non-hydrogen) atoms. The van der Waals surface area contributed by atoms with Crippen LogP contribution in [0.25, 0.3) is 11.3 Å². The second-order valence-corrected chi connectivity index (χ2v) is 5.91. The van der Waals surface area contributed by atoms with Crippen molar-refractivity contribution in [2.75, 3.05) is 23.3 Å². The Labute approximate surface area is 105 Å². The molecule has 0 aliphatic carbocycles. The van der Waals surface area contributed by atoms with Gasteiger partial charge in [-0.25, -0.2) is 8.42 Å². The van der Waals surface area contributed by atoms with E-state index < -0.39 is 10.0 Å². The first-order chi connectivity index (χ1) is 8.38. The highest BCUT2D eigenvalue weighted by atomic mass is 32.2. The van der Waals surface area contributed by atoms with Crippen molar-refractivity contribution in [3.63, 3.8) is 0 Å². The molecule has 0 saturated heterocycles. The number of rotatable bonds is 3. The predicted octanol–water partition coefficient (Wildman–Crippen LogP) is 1.32. The van der Waals surface area contributed by atoms with E-state index in [0.29, 0.717) is 11.4 Å². The summed E-state index contributed by atoms with van der Waals surface area (Å²) in [6, 6.07) is 8.51. The fourth-order valence-electron chi connectivity index (χ4n) is 1.46. The number of anilines is 2. The van der Waals surface area contributed by atoms with E-state index >= 15 is 0 Å². The Balaban J connectivity index is 2.31. The molecule has 0 saturated carbocycles. The summed E-state index contributed by atoms with van der Waals surface area (Å²) in [5.74, 6) is 0.238. The molecular formula is C11H13N3O3S. The van der Waals surface area contributed by atoms with Crippen LogP contribution < -0.4 is 10.0 Å². The zero-order valence-corrected chi connectivity index (χ0v) is 10.8. The maximum Gasteiger partial charge on any atom is 0.231 e. The Hall–Kier alpha value is -2.02. The monoisotopic (exact) mass is 267 g/mol. The van der Waals surface area contributed by atoms with Gasteiger partial charge in [0.05, 0.1) is 11.9 Å². The molecule has 2 N–H and O–H groups in total. The summed E-state index contributed by atoms with van der Waals surface area (Å²) in [4.78, 5) is 0. The summed E-state index contributed by atoms with van der Waals surface area (Å²) in [7, 11) is -1.75. The van der Waals surface area contributed by atoms with E-state index in [4.69, 9.17) is 10.3 Å². The van der Waals surface area contributed by atoms with Crippen LogP contribution in [0.3, 0.4) is 0 Å². The van der Waals surface area contributed by atoms with E-state index in [-0.39, 0.29) is 5.88 Å². The molecule has 2 aromatic rings. The molecule has 0 amide bonds. The van der Waals surface area contributed by atoms with Gasteiger partial charge in [0, 0.05) is 18.7 Å². The topological polar surface area (TPSA) is 89.4 Å². The molecule has 7 heteroatoms. The first-order valence-electron chi connectivity index (χ1n) is 5.14. The largest absolute Gasteiger partial charge is 0.368 e. The number of benzene rings is 1. The Morgan fingerprint density at radius 1 is 1.28 bits per heavy atom. The van der Waals surface area contributed by atoms with Crippen molar-refractivity contribution < 1.29 is 12.9 Å². The van der Waals surface area contributed by atoms with Crippen LogP contribution in [0.2, 0.25) is 0 Å². The van der Waals surface area contributed by atoms with Crippen molar-refractivity contribution in [1.29, 1.82) is 0 Å². The molecule has 0 unspecified atom stereocenters. The Kier molecular flexibility index (Phi) is 3.00. The summed E-state index contributed by atoms with van der Waals surface area (Å²) in [6.07, 6.45) is 1.15. The fraction of sp³-hybridized carbons (Fsp3) is 0.182. The minimum atomic E-state index is -3.25. The van der Waals surface area contributed by atoms with Crippen molar-refractivity contribution in [2.24, 2.45) is 0 Å². The molecule has 1 aromatic carbocycles. The summed E-state index contributed by atoms with van der Waals surface area (Å²) < 4.78 is 28.7. The van der Waals surface area contributed by atoms with Gasteiger partial charge in [-0.15, -0.1) is 0 Å². The van der Waals surface area contributed by atoms with E-state index in [0.717, 1.165) is 11.8 Å². The minimum Gasteiger partial charge on any atom is -0.368 e. The third kappa shape index (κ3) is 2.45. The number of hydrogen-bond donors (Lipinski definition) is 1. The van der Waals surface area contributed by atoms with Gasteiger partial charge in [-0.05, 0) is 12.1 Å². The lowest BCUT2D eigenvalue weighted by molar-refractivity contribution is 0.439. The summed E-state index contributed by atoms with van der Waals surface area (Å²) in [5, 5.41) is 3.78. The smallest absolute Gasteiger partial charge is 0.231 e. The zero-order valence-electron chi connectivity index (χ0n) is 9.99. The summed E-state index contributed by atoms with van der Waals surface area (Å²) >= 11 is 0. The van der Waals surface area contributed by atoms with Crippen LogP contribution >= 0.6 is 0 Å². The number of aromatic nitrogens is 1. The molecule has 0 fully saturated rings. The Morgan fingerprint density at radius 2 is 1.89 bits per heavy atom. The van der Waals surface area contributed by atoms with E-state index in [9.17, 15) is 8.42 Å². The van der Waals surface area contributed by atoms with Gasteiger partial charge >= 0.3 is 0 Å². The predicted molar refractivity (Wildman–Crippen MR) is 69.6 cm³/mol. The van der Waals surface area contributed by atoms with Gasteiger partial charge in [-0.3, -0.25) is 4.31 Å². The molecule has 0 aliphatic heterocycles. The number of sulfonamides is 1. The van der Waals surface area contributed by atoms with Crippen molar-refractivity contribution >= 4 is 21.6 Å². The first kappa shape index (κ1) is 12.4. The number of nitrogen functional groups attached to an aromatic ring is 1. The average Bonchev–Trinajstić information content (AvgIpc) is 2.74. The second kappa shape index (κ2) is 4.34. The van der Waals surface area contributed by atoms with Gasteiger partial charge in [0.2, 0.25) is 15.9 Å². The molecule has 1 aromatic heterocycles. The highest BCUT2D eigenvalue weighted by Crippen LogP contribution is 2.23. The SMILES string of the molecule is CN(c1ccc(-c2cc(N)on2)cc1)S(C)(=O)=O. The average molecular weight is 267 g/mol. The Morgan fingerprint density at radius 3 is 2.33 bits per heavy atom. The van der Waals surface area contributed by atoms with Crippen LogP contribution in [0.5, 0.6) is 0 Å². The third-order valence-electron chi connectivity index (χ3n) is 2.55. The molecule has 0 spiro atoms.